The molecule has 3 heteroatoms. The van der Waals surface area contributed by atoms with Crippen LogP contribution in [0, 0.1) is 19.3 Å². The molecule has 0 aliphatic carbocycles. The molecule has 3 rings (SSSR count). The van der Waals surface area contributed by atoms with Crippen molar-refractivity contribution in [2.24, 2.45) is 5.41 Å². The maximum absolute atomic E-state index is 12.7. The lowest BCUT2D eigenvalue weighted by Gasteiger charge is -2.23. The third kappa shape index (κ3) is 4.71. The standard InChI is InChI=1S/C27H37NO2/c1-16(2)21-11-9-20(10-12-21)13-22-18(4)25(28-23(29)14-27(6,7)8)19(5)24-17(3)15-30-26(22)24/h9-12,16-17H,13-15H2,1-8H3,(H,28,29). The van der Waals surface area contributed by atoms with Gasteiger partial charge in [0, 0.05) is 35.6 Å². The first-order chi connectivity index (χ1) is 14.0. The van der Waals surface area contributed by atoms with Crippen molar-refractivity contribution in [2.45, 2.75) is 80.1 Å². The fourth-order valence-corrected chi connectivity index (χ4v) is 4.41. The van der Waals surface area contributed by atoms with Crippen LogP contribution in [0.25, 0.3) is 0 Å². The Bertz CT molecular complexity index is 933. The zero-order valence-electron chi connectivity index (χ0n) is 19.9. The molecule has 2 aromatic rings. The number of rotatable bonds is 5. The average molecular weight is 408 g/mol. The first kappa shape index (κ1) is 22.4. The Hall–Kier alpha value is -2.29. The minimum absolute atomic E-state index is 0.0417. The molecule has 0 aromatic heterocycles. The Labute approximate surface area is 182 Å². The van der Waals surface area contributed by atoms with Gasteiger partial charge in [-0.1, -0.05) is 65.8 Å². The molecular weight excluding hydrogens is 370 g/mol. The maximum atomic E-state index is 12.7. The minimum Gasteiger partial charge on any atom is -0.492 e. The molecule has 162 valence electrons. The maximum Gasteiger partial charge on any atom is 0.224 e. The molecule has 0 bridgehead atoms. The van der Waals surface area contributed by atoms with Gasteiger partial charge >= 0.3 is 0 Å². The van der Waals surface area contributed by atoms with Gasteiger partial charge in [-0.15, -0.1) is 0 Å². The highest BCUT2D eigenvalue weighted by atomic mass is 16.5. The summed E-state index contributed by atoms with van der Waals surface area (Å²) in [6, 6.07) is 8.88. The largest absolute Gasteiger partial charge is 0.492 e. The van der Waals surface area contributed by atoms with Crippen LogP contribution in [-0.2, 0) is 11.2 Å². The summed E-state index contributed by atoms with van der Waals surface area (Å²) in [4.78, 5) is 12.7. The number of anilines is 1. The lowest BCUT2D eigenvalue weighted by molar-refractivity contribution is -0.117. The molecule has 0 fully saturated rings. The molecular formula is C27H37NO2. The van der Waals surface area contributed by atoms with Crippen molar-refractivity contribution in [3.63, 3.8) is 0 Å². The molecule has 1 aliphatic rings. The van der Waals surface area contributed by atoms with E-state index < -0.39 is 0 Å². The second-order valence-corrected chi connectivity index (χ2v) is 10.4. The molecule has 3 nitrogen and oxygen atoms in total. The molecule has 1 unspecified atom stereocenters. The van der Waals surface area contributed by atoms with E-state index in [9.17, 15) is 4.79 Å². The summed E-state index contributed by atoms with van der Waals surface area (Å²) in [6.07, 6.45) is 1.31. The number of hydrogen-bond acceptors (Lipinski definition) is 2. The van der Waals surface area contributed by atoms with E-state index in [1.165, 1.54) is 22.3 Å². The van der Waals surface area contributed by atoms with Gasteiger partial charge in [-0.05, 0) is 47.4 Å². The van der Waals surface area contributed by atoms with Crippen LogP contribution in [0.1, 0.15) is 93.2 Å². The highest BCUT2D eigenvalue weighted by Gasteiger charge is 2.30. The highest BCUT2D eigenvalue weighted by Crippen LogP contribution is 2.45. The van der Waals surface area contributed by atoms with Crippen LogP contribution in [0.3, 0.4) is 0 Å². The van der Waals surface area contributed by atoms with Crippen LogP contribution in [0.2, 0.25) is 0 Å². The Kier molecular flexibility index (Phi) is 6.31. The molecule has 0 saturated carbocycles. The van der Waals surface area contributed by atoms with Crippen molar-refractivity contribution in [3.05, 3.63) is 57.6 Å². The molecule has 1 aliphatic heterocycles. The number of benzene rings is 2. The average Bonchev–Trinajstić information content (AvgIpc) is 3.03. The van der Waals surface area contributed by atoms with Crippen molar-refractivity contribution in [3.8, 4) is 5.75 Å². The first-order valence-corrected chi connectivity index (χ1v) is 11.2. The van der Waals surface area contributed by atoms with Gasteiger partial charge in [-0.3, -0.25) is 4.79 Å². The van der Waals surface area contributed by atoms with Gasteiger partial charge in [0.25, 0.3) is 0 Å². The number of ether oxygens (including phenoxy) is 1. The quantitative estimate of drug-likeness (QED) is 0.586. The number of carbonyl (C=O) groups excluding carboxylic acids is 1. The SMILES string of the molecule is Cc1c(Cc2ccc(C(C)C)cc2)c2c(c(C)c1NC(=O)CC(C)(C)C)C(C)CO2. The first-order valence-electron chi connectivity index (χ1n) is 11.2. The Balaban J connectivity index is 2.01. The molecule has 1 atom stereocenters. The summed E-state index contributed by atoms with van der Waals surface area (Å²) in [5, 5.41) is 3.24. The van der Waals surface area contributed by atoms with Gasteiger partial charge in [0.05, 0.1) is 6.61 Å². The van der Waals surface area contributed by atoms with Crippen molar-refractivity contribution in [2.75, 3.05) is 11.9 Å². The van der Waals surface area contributed by atoms with Crippen molar-refractivity contribution in [1.82, 2.24) is 0 Å². The van der Waals surface area contributed by atoms with E-state index in [1.54, 1.807) is 0 Å². The predicted octanol–water partition coefficient (Wildman–Crippen LogP) is 6.89. The molecule has 0 spiro atoms. The van der Waals surface area contributed by atoms with Gasteiger partial charge in [-0.25, -0.2) is 0 Å². The third-order valence-corrected chi connectivity index (χ3v) is 6.08. The smallest absolute Gasteiger partial charge is 0.224 e. The summed E-state index contributed by atoms with van der Waals surface area (Å²) in [5.41, 5.74) is 8.26. The molecule has 1 amide bonds. The second-order valence-electron chi connectivity index (χ2n) is 10.4. The minimum atomic E-state index is -0.0417. The summed E-state index contributed by atoms with van der Waals surface area (Å²) >= 11 is 0. The van der Waals surface area contributed by atoms with Crippen LogP contribution in [0.4, 0.5) is 5.69 Å². The normalized spacial score (nSPS) is 15.8. The van der Waals surface area contributed by atoms with Crippen molar-refractivity contribution >= 4 is 11.6 Å². The van der Waals surface area contributed by atoms with E-state index in [2.05, 4.69) is 85.0 Å². The van der Waals surface area contributed by atoms with E-state index in [-0.39, 0.29) is 11.3 Å². The monoisotopic (exact) mass is 407 g/mol. The van der Waals surface area contributed by atoms with Gasteiger partial charge in [0.1, 0.15) is 5.75 Å². The third-order valence-electron chi connectivity index (χ3n) is 6.08. The van der Waals surface area contributed by atoms with Gasteiger partial charge in [0.2, 0.25) is 5.91 Å². The summed E-state index contributed by atoms with van der Waals surface area (Å²) < 4.78 is 6.17. The van der Waals surface area contributed by atoms with Crippen LogP contribution < -0.4 is 10.1 Å². The summed E-state index contributed by atoms with van der Waals surface area (Å²) in [5.74, 6) is 1.96. The van der Waals surface area contributed by atoms with E-state index in [0.717, 1.165) is 29.0 Å². The fourth-order valence-electron chi connectivity index (χ4n) is 4.41. The van der Waals surface area contributed by atoms with Gasteiger partial charge < -0.3 is 10.1 Å². The Morgan fingerprint density at radius 3 is 2.33 bits per heavy atom. The number of amides is 1. The van der Waals surface area contributed by atoms with Crippen molar-refractivity contribution in [1.29, 1.82) is 0 Å². The molecule has 1 N–H and O–H groups in total. The van der Waals surface area contributed by atoms with Gasteiger partial charge in [-0.2, -0.15) is 0 Å². The van der Waals surface area contributed by atoms with Crippen molar-refractivity contribution < 1.29 is 9.53 Å². The molecule has 2 aromatic carbocycles. The van der Waals surface area contributed by atoms with E-state index in [4.69, 9.17) is 4.74 Å². The Morgan fingerprint density at radius 1 is 1.13 bits per heavy atom. The Morgan fingerprint density at radius 2 is 1.77 bits per heavy atom. The van der Waals surface area contributed by atoms with Gasteiger partial charge in [0.15, 0.2) is 0 Å². The lowest BCUT2D eigenvalue weighted by atomic mass is 9.87. The lowest BCUT2D eigenvalue weighted by Crippen LogP contribution is -2.21. The number of nitrogens with one attached hydrogen (secondary N) is 1. The van der Waals surface area contributed by atoms with Crippen LogP contribution in [0.5, 0.6) is 5.75 Å². The summed E-state index contributed by atoms with van der Waals surface area (Å²) in [6.45, 7) is 17.9. The topological polar surface area (TPSA) is 38.3 Å². The number of hydrogen-bond donors (Lipinski definition) is 1. The molecule has 1 heterocycles. The molecule has 0 radical (unpaired) electrons. The number of carbonyl (C=O) groups is 1. The van der Waals surface area contributed by atoms with Crippen LogP contribution >= 0.6 is 0 Å². The van der Waals surface area contributed by atoms with E-state index in [0.29, 0.717) is 24.9 Å². The predicted molar refractivity (Wildman–Crippen MR) is 126 cm³/mol. The van der Waals surface area contributed by atoms with E-state index >= 15 is 0 Å². The molecule has 30 heavy (non-hydrogen) atoms. The zero-order valence-corrected chi connectivity index (χ0v) is 19.9. The zero-order chi connectivity index (χ0) is 22.2. The fraction of sp³-hybridized carbons (Fsp3) is 0.519. The highest BCUT2D eigenvalue weighted by molar-refractivity contribution is 5.93. The van der Waals surface area contributed by atoms with Crippen LogP contribution in [0.15, 0.2) is 24.3 Å². The van der Waals surface area contributed by atoms with Crippen LogP contribution in [-0.4, -0.2) is 12.5 Å². The molecule has 0 saturated heterocycles. The van der Waals surface area contributed by atoms with E-state index in [1.807, 2.05) is 0 Å². The second kappa shape index (κ2) is 8.45. The number of fused-ring (bicyclic) bond motifs is 1. The summed E-state index contributed by atoms with van der Waals surface area (Å²) in [7, 11) is 0.